The van der Waals surface area contributed by atoms with Gasteiger partial charge >= 0.3 is 0 Å². The van der Waals surface area contributed by atoms with Gasteiger partial charge in [0.2, 0.25) is 5.91 Å². The molecule has 1 aromatic rings. The predicted molar refractivity (Wildman–Crippen MR) is 72.5 cm³/mol. The van der Waals surface area contributed by atoms with Crippen molar-refractivity contribution in [1.82, 2.24) is 0 Å². The maximum atomic E-state index is 11.6. The Bertz CT molecular complexity index is 531. The quantitative estimate of drug-likeness (QED) is 0.780. The van der Waals surface area contributed by atoms with E-state index in [1.54, 1.807) is 13.0 Å². The van der Waals surface area contributed by atoms with Crippen LogP contribution in [0.25, 0.3) is 0 Å². The summed E-state index contributed by atoms with van der Waals surface area (Å²) in [4.78, 5) is 22.8. The van der Waals surface area contributed by atoms with E-state index < -0.39 is 0 Å². The highest BCUT2D eigenvalue weighted by Gasteiger charge is 2.19. The largest absolute Gasteiger partial charge is 0.482 e. The smallest absolute Gasteiger partial charge is 0.262 e. The van der Waals surface area contributed by atoms with Crippen molar-refractivity contribution >= 4 is 34.8 Å². The van der Waals surface area contributed by atoms with E-state index in [-0.39, 0.29) is 30.9 Å². The van der Waals surface area contributed by atoms with Crippen molar-refractivity contribution in [1.29, 1.82) is 0 Å². The molecular formula is C12H14ClN3O3. The maximum absolute atomic E-state index is 11.6. The zero-order valence-corrected chi connectivity index (χ0v) is 11.1. The van der Waals surface area contributed by atoms with Gasteiger partial charge < -0.3 is 21.1 Å². The van der Waals surface area contributed by atoms with Crippen LogP contribution in [-0.4, -0.2) is 24.5 Å². The molecule has 6 nitrogen and oxygen atoms in total. The summed E-state index contributed by atoms with van der Waals surface area (Å²) in [5.41, 5.74) is 6.47. The Kier molecular flexibility index (Phi) is 3.92. The molecule has 0 saturated heterocycles. The van der Waals surface area contributed by atoms with Gasteiger partial charge in [-0.1, -0.05) is 11.6 Å². The molecule has 0 bridgehead atoms. The van der Waals surface area contributed by atoms with E-state index in [2.05, 4.69) is 10.6 Å². The lowest BCUT2D eigenvalue weighted by molar-refractivity contribution is -0.119. The van der Waals surface area contributed by atoms with Crippen molar-refractivity contribution in [3.63, 3.8) is 0 Å². The molecule has 0 spiro atoms. The predicted octanol–water partition coefficient (Wildman–Crippen LogP) is 1.35. The summed E-state index contributed by atoms with van der Waals surface area (Å²) in [5, 5.41) is 5.61. The third-order valence-corrected chi connectivity index (χ3v) is 2.80. The fraction of sp³-hybridized carbons (Fsp3) is 0.333. The van der Waals surface area contributed by atoms with E-state index in [1.165, 1.54) is 6.07 Å². The topological polar surface area (TPSA) is 93.5 Å². The second kappa shape index (κ2) is 5.46. The van der Waals surface area contributed by atoms with Gasteiger partial charge in [0.15, 0.2) is 6.61 Å². The first kappa shape index (κ1) is 13.6. The molecule has 0 fully saturated rings. The molecular weight excluding hydrogens is 270 g/mol. The van der Waals surface area contributed by atoms with E-state index in [0.717, 1.165) is 0 Å². The number of halogens is 1. The lowest BCUT2D eigenvalue weighted by Crippen LogP contribution is -2.26. The Morgan fingerprint density at radius 1 is 1.63 bits per heavy atom. The minimum absolute atomic E-state index is 0.0537. The molecule has 2 rings (SSSR count). The number of carbonyl (C=O) groups excluding carboxylic acids is 2. The van der Waals surface area contributed by atoms with Crippen LogP contribution in [0.5, 0.6) is 5.75 Å². The summed E-state index contributed by atoms with van der Waals surface area (Å²) < 4.78 is 5.25. The summed E-state index contributed by atoms with van der Waals surface area (Å²) in [6, 6.07) is 2.89. The molecule has 1 heterocycles. The van der Waals surface area contributed by atoms with E-state index in [9.17, 15) is 9.59 Å². The fourth-order valence-electron chi connectivity index (χ4n) is 1.69. The van der Waals surface area contributed by atoms with E-state index >= 15 is 0 Å². The van der Waals surface area contributed by atoms with Crippen molar-refractivity contribution in [3.8, 4) is 5.75 Å². The van der Waals surface area contributed by atoms with Gasteiger partial charge in [-0.25, -0.2) is 0 Å². The Balaban J connectivity index is 2.18. The van der Waals surface area contributed by atoms with Gasteiger partial charge in [-0.05, 0) is 13.0 Å². The van der Waals surface area contributed by atoms with Crippen LogP contribution < -0.4 is 21.1 Å². The molecule has 1 aliphatic rings. The van der Waals surface area contributed by atoms with Crippen LogP contribution in [0.15, 0.2) is 12.1 Å². The lowest BCUT2D eigenvalue weighted by atomic mass is 10.2. The zero-order valence-electron chi connectivity index (χ0n) is 10.3. The molecule has 102 valence electrons. The van der Waals surface area contributed by atoms with Gasteiger partial charge in [-0.15, -0.1) is 0 Å². The first-order chi connectivity index (χ1) is 8.95. The van der Waals surface area contributed by atoms with E-state index in [1.807, 2.05) is 0 Å². The number of benzene rings is 1. The Hall–Kier alpha value is -1.79. The third-order valence-electron chi connectivity index (χ3n) is 2.48. The van der Waals surface area contributed by atoms with Gasteiger partial charge in [0.1, 0.15) is 5.75 Å². The van der Waals surface area contributed by atoms with Crippen LogP contribution in [0.1, 0.15) is 13.3 Å². The molecule has 0 aromatic heterocycles. The van der Waals surface area contributed by atoms with Gasteiger partial charge in [0.25, 0.3) is 5.91 Å². The number of nitrogens with one attached hydrogen (secondary N) is 2. The van der Waals surface area contributed by atoms with Gasteiger partial charge in [-0.2, -0.15) is 0 Å². The zero-order chi connectivity index (χ0) is 14.0. The number of rotatable bonds is 3. The minimum atomic E-state index is -0.239. The Morgan fingerprint density at radius 3 is 3.05 bits per heavy atom. The molecule has 1 aromatic carbocycles. The summed E-state index contributed by atoms with van der Waals surface area (Å²) in [7, 11) is 0. The molecule has 0 saturated carbocycles. The summed E-state index contributed by atoms with van der Waals surface area (Å²) in [5.74, 6) is 0.00843. The summed E-state index contributed by atoms with van der Waals surface area (Å²) in [6.45, 7) is 1.69. The first-order valence-corrected chi connectivity index (χ1v) is 6.15. The number of hydrogen-bond donors (Lipinski definition) is 3. The Morgan fingerprint density at radius 2 is 2.37 bits per heavy atom. The molecule has 19 heavy (non-hydrogen) atoms. The highest BCUT2D eigenvalue weighted by atomic mass is 35.5. The van der Waals surface area contributed by atoms with Crippen molar-refractivity contribution in [3.05, 3.63) is 17.2 Å². The van der Waals surface area contributed by atoms with Crippen molar-refractivity contribution < 1.29 is 14.3 Å². The molecule has 4 N–H and O–H groups in total. The van der Waals surface area contributed by atoms with E-state index in [4.69, 9.17) is 22.1 Å². The number of ether oxygens (including phenoxy) is 1. The van der Waals surface area contributed by atoms with Crippen LogP contribution in [-0.2, 0) is 9.59 Å². The highest BCUT2D eigenvalue weighted by Crippen LogP contribution is 2.36. The van der Waals surface area contributed by atoms with Crippen LogP contribution in [0, 0.1) is 0 Å². The Labute approximate surface area is 115 Å². The standard InChI is InChI=1S/C12H14ClN3O3/c1-6(14)2-11(17)15-8-4-10-9(3-7(8)13)16-12(18)5-19-10/h3-4,6H,2,5,14H2,1H3,(H,15,17)(H,16,18). The molecule has 0 radical (unpaired) electrons. The fourth-order valence-corrected chi connectivity index (χ4v) is 1.90. The maximum Gasteiger partial charge on any atom is 0.262 e. The van der Waals surface area contributed by atoms with Crippen molar-refractivity contribution in [2.75, 3.05) is 17.2 Å². The van der Waals surface area contributed by atoms with Crippen LogP contribution in [0.3, 0.4) is 0 Å². The number of anilines is 2. The number of amides is 2. The molecule has 1 atom stereocenters. The highest BCUT2D eigenvalue weighted by molar-refractivity contribution is 6.34. The molecule has 1 aliphatic heterocycles. The normalized spacial score (nSPS) is 15.0. The van der Waals surface area contributed by atoms with Gasteiger partial charge in [0.05, 0.1) is 16.4 Å². The second-order valence-corrected chi connectivity index (χ2v) is 4.80. The van der Waals surface area contributed by atoms with Crippen LogP contribution in [0.4, 0.5) is 11.4 Å². The molecule has 2 amide bonds. The SMILES string of the molecule is CC(N)CC(=O)Nc1cc2c(cc1Cl)NC(=O)CO2. The number of fused-ring (bicyclic) bond motifs is 1. The minimum Gasteiger partial charge on any atom is -0.482 e. The monoisotopic (exact) mass is 283 g/mol. The number of nitrogens with two attached hydrogens (primary N) is 1. The van der Waals surface area contributed by atoms with Crippen molar-refractivity contribution in [2.24, 2.45) is 5.73 Å². The molecule has 0 aliphatic carbocycles. The van der Waals surface area contributed by atoms with Crippen LogP contribution >= 0.6 is 11.6 Å². The average Bonchev–Trinajstić information content (AvgIpc) is 2.29. The lowest BCUT2D eigenvalue weighted by Gasteiger charge is -2.19. The third kappa shape index (κ3) is 3.36. The van der Waals surface area contributed by atoms with Gasteiger partial charge in [-0.3, -0.25) is 9.59 Å². The van der Waals surface area contributed by atoms with Crippen molar-refractivity contribution in [2.45, 2.75) is 19.4 Å². The summed E-state index contributed by atoms with van der Waals surface area (Å²) in [6.07, 6.45) is 0.199. The number of hydrogen-bond acceptors (Lipinski definition) is 4. The van der Waals surface area contributed by atoms with E-state index in [0.29, 0.717) is 22.1 Å². The summed E-state index contributed by atoms with van der Waals surface area (Å²) >= 11 is 6.04. The van der Waals surface area contributed by atoms with Crippen LogP contribution in [0.2, 0.25) is 5.02 Å². The molecule has 7 heteroatoms. The second-order valence-electron chi connectivity index (χ2n) is 4.39. The first-order valence-electron chi connectivity index (χ1n) is 5.77. The number of carbonyl (C=O) groups is 2. The molecule has 1 unspecified atom stereocenters. The average molecular weight is 284 g/mol. The van der Waals surface area contributed by atoms with Gasteiger partial charge in [0, 0.05) is 18.5 Å².